The second-order valence-corrected chi connectivity index (χ2v) is 5.92. The van der Waals surface area contributed by atoms with E-state index in [1.807, 2.05) is 0 Å². The first-order valence-corrected chi connectivity index (χ1v) is 7.76. The fourth-order valence-electron chi connectivity index (χ4n) is 2.75. The molecule has 1 aliphatic rings. The summed E-state index contributed by atoms with van der Waals surface area (Å²) in [4.78, 5) is 0. The van der Waals surface area contributed by atoms with Crippen LogP contribution >= 0.6 is 0 Å². The van der Waals surface area contributed by atoms with Crippen LogP contribution in [0.1, 0.15) is 52.4 Å². The smallest absolute Gasteiger partial charge is 0.0699 e. The highest BCUT2D eigenvalue weighted by atomic mass is 16.5. The van der Waals surface area contributed by atoms with Gasteiger partial charge in [-0.3, -0.25) is 0 Å². The molecule has 2 unspecified atom stereocenters. The van der Waals surface area contributed by atoms with Gasteiger partial charge in [-0.05, 0) is 63.5 Å². The van der Waals surface area contributed by atoms with Crippen LogP contribution in [-0.2, 0) is 4.74 Å². The van der Waals surface area contributed by atoms with Crippen LogP contribution in [0.3, 0.4) is 0 Å². The molecule has 3 nitrogen and oxygen atoms in total. The highest BCUT2D eigenvalue weighted by Gasteiger charge is 2.14. The first kappa shape index (κ1) is 15.9. The second kappa shape index (κ2) is 9.76. The predicted octanol–water partition coefficient (Wildman–Crippen LogP) is 2.55. The zero-order valence-electron chi connectivity index (χ0n) is 12.3. The van der Waals surface area contributed by atoms with E-state index in [-0.39, 0.29) is 0 Å². The van der Waals surface area contributed by atoms with E-state index >= 15 is 0 Å². The molecule has 3 N–H and O–H groups in total. The summed E-state index contributed by atoms with van der Waals surface area (Å²) in [5.74, 6) is 1.55. The molecule has 18 heavy (non-hydrogen) atoms. The zero-order valence-corrected chi connectivity index (χ0v) is 12.3. The van der Waals surface area contributed by atoms with Crippen LogP contribution in [0, 0.1) is 11.8 Å². The molecule has 0 amide bonds. The maximum Gasteiger partial charge on any atom is 0.0699 e. The van der Waals surface area contributed by atoms with E-state index in [0.29, 0.717) is 6.10 Å². The predicted molar refractivity (Wildman–Crippen MR) is 77.7 cm³/mol. The van der Waals surface area contributed by atoms with E-state index < -0.39 is 0 Å². The third-order valence-electron chi connectivity index (χ3n) is 4.05. The van der Waals surface area contributed by atoms with Crippen molar-refractivity contribution in [1.29, 1.82) is 0 Å². The van der Waals surface area contributed by atoms with E-state index in [2.05, 4.69) is 19.2 Å². The molecular weight excluding hydrogens is 224 g/mol. The van der Waals surface area contributed by atoms with E-state index in [4.69, 9.17) is 10.5 Å². The summed E-state index contributed by atoms with van der Waals surface area (Å²) in [6.45, 7) is 8.55. The van der Waals surface area contributed by atoms with E-state index in [1.54, 1.807) is 0 Å². The number of hydrogen-bond acceptors (Lipinski definition) is 3. The summed E-state index contributed by atoms with van der Waals surface area (Å²) < 4.78 is 5.70. The molecule has 1 rings (SSSR count). The first-order valence-electron chi connectivity index (χ1n) is 7.76. The number of nitrogens with one attached hydrogen (secondary N) is 1. The van der Waals surface area contributed by atoms with Gasteiger partial charge in [-0.1, -0.05) is 13.8 Å². The maximum absolute atomic E-state index is 5.70. The van der Waals surface area contributed by atoms with Gasteiger partial charge in [-0.25, -0.2) is 0 Å². The van der Waals surface area contributed by atoms with Crippen molar-refractivity contribution in [2.75, 3.05) is 26.2 Å². The molecule has 1 fully saturated rings. The first-order chi connectivity index (χ1) is 8.74. The number of rotatable bonds is 9. The van der Waals surface area contributed by atoms with Crippen molar-refractivity contribution < 1.29 is 4.74 Å². The van der Waals surface area contributed by atoms with E-state index in [1.165, 1.54) is 38.5 Å². The molecule has 108 valence electrons. The van der Waals surface area contributed by atoms with Crippen molar-refractivity contribution in [3.8, 4) is 0 Å². The van der Waals surface area contributed by atoms with Gasteiger partial charge in [0.1, 0.15) is 0 Å². The fraction of sp³-hybridized carbons (Fsp3) is 1.00. The molecule has 2 atom stereocenters. The quantitative estimate of drug-likeness (QED) is 0.623. The molecule has 0 aromatic rings. The Balaban J connectivity index is 1.99. The van der Waals surface area contributed by atoms with Crippen LogP contribution in [0.15, 0.2) is 0 Å². The van der Waals surface area contributed by atoms with Gasteiger partial charge >= 0.3 is 0 Å². The van der Waals surface area contributed by atoms with Crippen molar-refractivity contribution in [2.24, 2.45) is 17.6 Å². The van der Waals surface area contributed by atoms with Crippen molar-refractivity contribution in [1.82, 2.24) is 5.32 Å². The Kier molecular flexibility index (Phi) is 8.64. The summed E-state index contributed by atoms with van der Waals surface area (Å²) in [5, 5.41) is 3.54. The Morgan fingerprint density at radius 2 is 2.11 bits per heavy atom. The van der Waals surface area contributed by atoms with Gasteiger partial charge in [0, 0.05) is 13.2 Å². The summed E-state index contributed by atoms with van der Waals surface area (Å²) in [6.07, 6.45) is 7.99. The largest absolute Gasteiger partial charge is 0.377 e. The molecule has 0 bridgehead atoms. The summed E-state index contributed by atoms with van der Waals surface area (Å²) >= 11 is 0. The summed E-state index contributed by atoms with van der Waals surface area (Å²) in [6, 6.07) is 0. The number of ether oxygens (including phenoxy) is 1. The fourth-order valence-corrected chi connectivity index (χ4v) is 2.75. The van der Waals surface area contributed by atoms with E-state index in [0.717, 1.165) is 38.1 Å². The van der Waals surface area contributed by atoms with Gasteiger partial charge in [-0.15, -0.1) is 0 Å². The molecule has 0 aliphatic carbocycles. The Bertz CT molecular complexity index is 191. The highest BCUT2D eigenvalue weighted by molar-refractivity contribution is 4.68. The van der Waals surface area contributed by atoms with Crippen LogP contribution < -0.4 is 11.1 Å². The average Bonchev–Trinajstić information content (AvgIpc) is 2.38. The molecule has 1 heterocycles. The number of hydrogen-bond donors (Lipinski definition) is 2. The van der Waals surface area contributed by atoms with Crippen molar-refractivity contribution in [3.63, 3.8) is 0 Å². The Labute approximate surface area is 113 Å². The minimum atomic E-state index is 0.462. The van der Waals surface area contributed by atoms with Gasteiger partial charge in [0.05, 0.1) is 6.10 Å². The lowest BCUT2D eigenvalue weighted by Crippen LogP contribution is -2.32. The molecule has 1 aliphatic heterocycles. The summed E-state index contributed by atoms with van der Waals surface area (Å²) in [7, 11) is 0. The van der Waals surface area contributed by atoms with Crippen LogP contribution in [0.2, 0.25) is 0 Å². The molecule has 0 aromatic heterocycles. The third-order valence-corrected chi connectivity index (χ3v) is 4.05. The highest BCUT2D eigenvalue weighted by Crippen LogP contribution is 2.20. The topological polar surface area (TPSA) is 47.3 Å². The standard InChI is InChI=1S/C15H32N2O/c1-13(2)14(8-9-16)6-5-10-17-12-15-7-3-4-11-18-15/h13-15,17H,3-12,16H2,1-2H3. The van der Waals surface area contributed by atoms with Crippen LogP contribution in [0.5, 0.6) is 0 Å². The van der Waals surface area contributed by atoms with Crippen molar-refractivity contribution in [2.45, 2.75) is 58.5 Å². The van der Waals surface area contributed by atoms with Gasteiger partial charge in [0.2, 0.25) is 0 Å². The molecule has 0 radical (unpaired) electrons. The molecular formula is C15H32N2O. The SMILES string of the molecule is CC(C)C(CCN)CCCNCC1CCCCO1. The monoisotopic (exact) mass is 256 g/mol. The lowest BCUT2D eigenvalue weighted by Gasteiger charge is -2.23. The van der Waals surface area contributed by atoms with Gasteiger partial charge < -0.3 is 15.8 Å². The zero-order chi connectivity index (χ0) is 13.2. The van der Waals surface area contributed by atoms with Crippen LogP contribution in [-0.4, -0.2) is 32.3 Å². The molecule has 0 spiro atoms. The maximum atomic E-state index is 5.70. The van der Waals surface area contributed by atoms with Crippen LogP contribution in [0.4, 0.5) is 0 Å². The Morgan fingerprint density at radius 3 is 2.72 bits per heavy atom. The Morgan fingerprint density at radius 1 is 1.28 bits per heavy atom. The number of nitrogens with two attached hydrogens (primary N) is 1. The van der Waals surface area contributed by atoms with Crippen molar-refractivity contribution >= 4 is 0 Å². The minimum Gasteiger partial charge on any atom is -0.377 e. The average molecular weight is 256 g/mol. The van der Waals surface area contributed by atoms with E-state index in [9.17, 15) is 0 Å². The summed E-state index contributed by atoms with van der Waals surface area (Å²) in [5.41, 5.74) is 5.66. The Hall–Kier alpha value is -0.120. The molecule has 0 aromatic carbocycles. The second-order valence-electron chi connectivity index (χ2n) is 5.92. The van der Waals surface area contributed by atoms with Gasteiger partial charge in [-0.2, -0.15) is 0 Å². The van der Waals surface area contributed by atoms with Gasteiger partial charge in [0.15, 0.2) is 0 Å². The third kappa shape index (κ3) is 6.72. The van der Waals surface area contributed by atoms with Gasteiger partial charge in [0.25, 0.3) is 0 Å². The minimum absolute atomic E-state index is 0.462. The normalized spacial score (nSPS) is 22.3. The molecule has 0 saturated carbocycles. The molecule has 3 heteroatoms. The lowest BCUT2D eigenvalue weighted by atomic mass is 9.88. The molecule has 1 saturated heterocycles. The van der Waals surface area contributed by atoms with Crippen molar-refractivity contribution in [3.05, 3.63) is 0 Å². The van der Waals surface area contributed by atoms with Crippen LogP contribution in [0.25, 0.3) is 0 Å². The lowest BCUT2D eigenvalue weighted by molar-refractivity contribution is 0.0170.